The van der Waals surface area contributed by atoms with Crippen LogP contribution in [0.3, 0.4) is 0 Å². The maximum absolute atomic E-state index is 4.74. The molecule has 0 bridgehead atoms. The van der Waals surface area contributed by atoms with Crippen molar-refractivity contribution >= 4 is 54.0 Å². The number of nitrogens with zero attached hydrogens (tertiary/aromatic N) is 2. The van der Waals surface area contributed by atoms with Gasteiger partial charge in [-0.15, -0.1) is 65.5 Å². The number of benzene rings is 6. The minimum atomic E-state index is 0. The number of fused-ring (bicyclic) bond motifs is 6. The van der Waals surface area contributed by atoms with Gasteiger partial charge in [0.1, 0.15) is 0 Å². The van der Waals surface area contributed by atoms with Gasteiger partial charge in [0.2, 0.25) is 0 Å². The molecule has 0 aliphatic heterocycles. The smallest absolute Gasteiger partial charge is 0.0167 e. The predicted molar refractivity (Wildman–Crippen MR) is 150 cm³/mol. The Kier molecular flexibility index (Phi) is 6.10. The number of hydrogen-bond acceptors (Lipinski definition) is 2. The third-order valence-corrected chi connectivity index (χ3v) is 6.81. The van der Waals surface area contributed by atoms with Crippen LogP contribution in [0.25, 0.3) is 65.3 Å². The summed E-state index contributed by atoms with van der Waals surface area (Å²) in [5.74, 6) is 0. The fraction of sp³-hybridized carbons (Fsp3) is 0. The normalized spacial score (nSPS) is 11.0. The van der Waals surface area contributed by atoms with Gasteiger partial charge in [0.05, 0.1) is 0 Å². The third kappa shape index (κ3) is 3.84. The van der Waals surface area contributed by atoms with Gasteiger partial charge >= 0.3 is 0 Å². The Bertz CT molecular complexity index is 1740. The molecule has 0 aliphatic carbocycles. The molecule has 0 spiro atoms. The van der Waals surface area contributed by atoms with Crippen LogP contribution in [0, 0.1) is 12.1 Å². The Morgan fingerprint density at radius 1 is 0.459 bits per heavy atom. The first-order chi connectivity index (χ1) is 17.9. The zero-order valence-corrected chi connectivity index (χ0v) is 22.2. The van der Waals surface area contributed by atoms with Crippen LogP contribution in [0.5, 0.6) is 0 Å². The molecular weight excluding hydrogens is 629 g/mol. The molecule has 1 radical (unpaired) electrons. The van der Waals surface area contributed by atoms with Crippen molar-refractivity contribution in [2.45, 2.75) is 0 Å². The molecule has 0 saturated carbocycles. The molecule has 2 nitrogen and oxygen atoms in total. The molecule has 8 rings (SSSR count). The second-order valence-corrected chi connectivity index (χ2v) is 8.81. The van der Waals surface area contributed by atoms with Crippen LogP contribution in [-0.2, 0) is 20.1 Å². The number of aromatic nitrogens is 2. The molecule has 0 atom stereocenters. The average molecular weight is 649 g/mol. The molecule has 37 heavy (non-hydrogen) atoms. The second kappa shape index (κ2) is 9.71. The molecule has 0 fully saturated rings. The Balaban J connectivity index is 0.000000165. The second-order valence-electron chi connectivity index (χ2n) is 8.81. The zero-order valence-electron chi connectivity index (χ0n) is 19.8. The molecule has 6 aromatic carbocycles. The standard InChI is InChI=1S/C23H12N.C11H8N.Ir/c1-2-7-15-14(6-1)17-10-5-11-18-16-8-3-4-9-20(16)23-22(21(17)18)19(15)12-13-24-23;1-2-6-10(7-3-1)11-8-4-5-9-12-11;/h1-8,10-13H;1-6,8-9H;/q2*-1;. The molecule has 177 valence electrons. The molecule has 0 N–H and O–H groups in total. The largest absolute Gasteiger partial charge is 0.305 e. The van der Waals surface area contributed by atoms with Crippen molar-refractivity contribution in [3.05, 3.63) is 134 Å². The quantitative estimate of drug-likeness (QED) is 0.101. The summed E-state index contributed by atoms with van der Waals surface area (Å²) in [6, 6.07) is 43.9. The molecular formula is C34H20IrN2-2. The maximum atomic E-state index is 4.74. The van der Waals surface area contributed by atoms with E-state index in [1.54, 1.807) is 6.20 Å². The molecule has 0 amide bonds. The van der Waals surface area contributed by atoms with E-state index in [1.165, 1.54) is 43.1 Å². The van der Waals surface area contributed by atoms with Gasteiger partial charge in [0.25, 0.3) is 0 Å². The van der Waals surface area contributed by atoms with Gasteiger partial charge in [-0.2, -0.15) is 0 Å². The van der Waals surface area contributed by atoms with Crippen LogP contribution in [0.4, 0.5) is 0 Å². The summed E-state index contributed by atoms with van der Waals surface area (Å²) in [7, 11) is 0. The average Bonchev–Trinajstić information content (AvgIpc) is 2.98. The molecule has 0 aliphatic rings. The van der Waals surface area contributed by atoms with Gasteiger partial charge in [-0.1, -0.05) is 65.4 Å². The Morgan fingerprint density at radius 3 is 1.89 bits per heavy atom. The number of rotatable bonds is 1. The first-order valence-electron chi connectivity index (χ1n) is 12.0. The summed E-state index contributed by atoms with van der Waals surface area (Å²) in [6.07, 6.45) is 3.71. The number of pyridine rings is 2. The van der Waals surface area contributed by atoms with E-state index in [2.05, 4.69) is 77.8 Å². The van der Waals surface area contributed by atoms with Crippen molar-refractivity contribution in [2.75, 3.05) is 0 Å². The van der Waals surface area contributed by atoms with Gasteiger partial charge in [0.15, 0.2) is 0 Å². The van der Waals surface area contributed by atoms with E-state index in [1.807, 2.05) is 54.7 Å². The summed E-state index contributed by atoms with van der Waals surface area (Å²) in [5.41, 5.74) is 3.06. The van der Waals surface area contributed by atoms with Crippen LogP contribution in [0.15, 0.2) is 122 Å². The summed E-state index contributed by atoms with van der Waals surface area (Å²) in [4.78, 5) is 8.95. The SMILES string of the molecule is [Ir].[c-]1cccc2c1c1nccc3c4ccccc4c4cccc2c4c31.[c-]1ccccc1-c1ccccn1. The van der Waals surface area contributed by atoms with E-state index >= 15 is 0 Å². The van der Waals surface area contributed by atoms with Crippen molar-refractivity contribution in [3.8, 4) is 11.3 Å². The monoisotopic (exact) mass is 649 g/mol. The predicted octanol–water partition coefficient (Wildman–Crippen LogP) is 8.63. The topological polar surface area (TPSA) is 25.8 Å². The van der Waals surface area contributed by atoms with Crippen LogP contribution in [0.2, 0.25) is 0 Å². The molecule has 2 heterocycles. The van der Waals surface area contributed by atoms with Gasteiger partial charge in [0, 0.05) is 32.5 Å². The first-order valence-corrected chi connectivity index (χ1v) is 12.0. The van der Waals surface area contributed by atoms with Crippen LogP contribution >= 0.6 is 0 Å². The summed E-state index contributed by atoms with van der Waals surface area (Å²) >= 11 is 0. The van der Waals surface area contributed by atoms with Crippen LogP contribution in [0.1, 0.15) is 0 Å². The van der Waals surface area contributed by atoms with E-state index in [0.29, 0.717) is 0 Å². The Hall–Kier alpha value is -4.17. The summed E-state index contributed by atoms with van der Waals surface area (Å²) in [6.45, 7) is 0. The number of hydrogen-bond donors (Lipinski definition) is 0. The molecule has 3 heteroatoms. The van der Waals surface area contributed by atoms with Crippen LogP contribution < -0.4 is 0 Å². The van der Waals surface area contributed by atoms with Crippen molar-refractivity contribution < 1.29 is 20.1 Å². The minimum absolute atomic E-state index is 0. The van der Waals surface area contributed by atoms with Gasteiger partial charge < -0.3 is 9.97 Å². The van der Waals surface area contributed by atoms with Crippen molar-refractivity contribution in [1.82, 2.24) is 9.97 Å². The summed E-state index contributed by atoms with van der Waals surface area (Å²) < 4.78 is 0. The van der Waals surface area contributed by atoms with Crippen molar-refractivity contribution in [3.63, 3.8) is 0 Å². The molecule has 0 saturated heterocycles. The van der Waals surface area contributed by atoms with E-state index < -0.39 is 0 Å². The third-order valence-electron chi connectivity index (χ3n) is 6.81. The van der Waals surface area contributed by atoms with Gasteiger partial charge in [-0.05, 0) is 55.7 Å². The molecule has 2 aromatic heterocycles. The maximum Gasteiger partial charge on any atom is 0.0167 e. The summed E-state index contributed by atoms with van der Waals surface area (Å²) in [5, 5.41) is 11.4. The van der Waals surface area contributed by atoms with Crippen LogP contribution in [-0.4, -0.2) is 9.97 Å². The van der Waals surface area contributed by atoms with Crippen molar-refractivity contribution in [2.24, 2.45) is 0 Å². The van der Waals surface area contributed by atoms with Gasteiger partial charge in [-0.25, -0.2) is 0 Å². The van der Waals surface area contributed by atoms with Gasteiger partial charge in [-0.3, -0.25) is 0 Å². The van der Waals surface area contributed by atoms with E-state index in [0.717, 1.165) is 22.2 Å². The zero-order chi connectivity index (χ0) is 23.9. The molecule has 8 aromatic rings. The van der Waals surface area contributed by atoms with E-state index in [9.17, 15) is 0 Å². The fourth-order valence-electron chi connectivity index (χ4n) is 5.28. The minimum Gasteiger partial charge on any atom is -0.305 e. The fourth-order valence-corrected chi connectivity index (χ4v) is 5.28. The van der Waals surface area contributed by atoms with E-state index in [4.69, 9.17) is 4.98 Å². The first kappa shape index (κ1) is 23.2. The molecule has 0 unspecified atom stereocenters. The Labute approximate surface area is 228 Å². The van der Waals surface area contributed by atoms with Crippen molar-refractivity contribution in [1.29, 1.82) is 0 Å². The van der Waals surface area contributed by atoms with E-state index in [-0.39, 0.29) is 20.1 Å². The Morgan fingerprint density at radius 2 is 1.14 bits per heavy atom.